The summed E-state index contributed by atoms with van der Waals surface area (Å²) in [4.78, 5) is 43.7. The predicted octanol–water partition coefficient (Wildman–Crippen LogP) is 6.47. The minimum absolute atomic E-state index is 0.115. The van der Waals surface area contributed by atoms with Crippen molar-refractivity contribution >= 4 is 32.6 Å². The van der Waals surface area contributed by atoms with E-state index in [9.17, 15) is 38.5 Å². The summed E-state index contributed by atoms with van der Waals surface area (Å²) in [5.41, 5.74) is -1.63. The third kappa shape index (κ3) is 7.99. The summed E-state index contributed by atoms with van der Waals surface area (Å²) >= 11 is 0. The summed E-state index contributed by atoms with van der Waals surface area (Å²) in [6.07, 6.45) is 6.40. The van der Waals surface area contributed by atoms with E-state index in [1.165, 1.54) is 0 Å². The number of nitroso groups, excluding NO2 is 2. The Bertz CT molecular complexity index is 1200. The Morgan fingerprint density at radius 1 is 0.692 bits per heavy atom. The van der Waals surface area contributed by atoms with E-state index in [1.807, 2.05) is 13.8 Å². The highest BCUT2D eigenvalue weighted by molar-refractivity contribution is 7.91. The molecule has 212 valence electrons. The molecule has 2 rings (SSSR count). The van der Waals surface area contributed by atoms with Crippen molar-refractivity contribution in [2.45, 2.75) is 75.0 Å². The van der Waals surface area contributed by atoms with E-state index in [4.69, 9.17) is 0 Å². The molecule has 0 saturated carbocycles. The number of hydrogen-bond acceptors (Lipinski definition) is 10. The third-order valence-electron chi connectivity index (χ3n) is 6.11. The van der Waals surface area contributed by atoms with Gasteiger partial charge < -0.3 is 0 Å². The lowest BCUT2D eigenvalue weighted by Gasteiger charge is -2.17. The first-order valence-corrected chi connectivity index (χ1v) is 14.1. The van der Waals surface area contributed by atoms with Crippen molar-refractivity contribution in [1.82, 2.24) is 0 Å². The second-order valence-electron chi connectivity index (χ2n) is 8.85. The second kappa shape index (κ2) is 14.8. The smallest absolute Gasteiger partial charge is 0.258 e. The quantitative estimate of drug-likeness (QED) is 0.0840. The molecule has 0 radical (unpaired) electrons. The number of nitrogens with zero attached hydrogens (tertiary/aromatic N) is 6. The molecule has 39 heavy (non-hydrogen) atoms. The third-order valence-corrected chi connectivity index (χ3v) is 7.86. The van der Waals surface area contributed by atoms with Crippen molar-refractivity contribution in [3.05, 3.63) is 66.4 Å². The van der Waals surface area contributed by atoms with E-state index in [-0.39, 0.29) is 24.5 Å². The molecule has 0 aromatic heterocycles. The Hall–Kier alpha value is -4.01. The molecule has 0 bridgehead atoms. The average Bonchev–Trinajstić information content (AvgIpc) is 2.92. The van der Waals surface area contributed by atoms with Gasteiger partial charge >= 0.3 is 0 Å². The zero-order valence-electron chi connectivity index (χ0n) is 21.9. The molecule has 0 N–H and O–H groups in total. The number of benzene rings is 2. The highest BCUT2D eigenvalue weighted by atomic mass is 32.2. The lowest BCUT2D eigenvalue weighted by Crippen LogP contribution is -2.19. The van der Waals surface area contributed by atoms with Crippen LogP contribution < -0.4 is 10.0 Å². The molecule has 0 amide bonds. The number of nitro benzene ring substituents is 2. The predicted molar refractivity (Wildman–Crippen MR) is 146 cm³/mol. The first-order chi connectivity index (χ1) is 18.6. The van der Waals surface area contributed by atoms with Crippen LogP contribution in [0.1, 0.15) is 65.2 Å². The fraction of sp³-hybridized carbons (Fsp3) is 0.500. The summed E-state index contributed by atoms with van der Waals surface area (Å²) < 4.78 is 26.7. The maximum atomic E-state index is 13.3. The largest absolute Gasteiger partial charge is 0.295 e. The maximum Gasteiger partial charge on any atom is 0.295 e. The van der Waals surface area contributed by atoms with Crippen molar-refractivity contribution in [3.63, 3.8) is 0 Å². The summed E-state index contributed by atoms with van der Waals surface area (Å²) in [5, 5.41) is 31.1. The summed E-state index contributed by atoms with van der Waals surface area (Å²) in [6, 6.07) is 5.97. The Morgan fingerprint density at radius 2 is 1.08 bits per heavy atom. The normalized spacial score (nSPS) is 11.1. The molecule has 15 heteroatoms. The molecule has 0 unspecified atom stereocenters. The van der Waals surface area contributed by atoms with Crippen LogP contribution >= 0.6 is 0 Å². The van der Waals surface area contributed by atoms with Gasteiger partial charge in [0.15, 0.2) is 0 Å². The number of anilines is 2. The maximum absolute atomic E-state index is 13.3. The standard InChI is InChI=1S/C24H32N6O8S/c1-3-5-7-9-15-27(25-31)21-13-11-19(17-23(21)29(33)34)39(37,38)20-12-14-22(24(18-20)30(35)36)28(26-32)16-10-8-6-4-2/h11-14,17-18H,3-10,15-16H2,1-2H3. The van der Waals surface area contributed by atoms with Gasteiger partial charge in [-0.3, -0.25) is 20.2 Å². The Labute approximate surface area is 226 Å². The van der Waals surface area contributed by atoms with Gasteiger partial charge in [-0.1, -0.05) is 52.4 Å². The minimum atomic E-state index is -4.46. The van der Waals surface area contributed by atoms with Gasteiger partial charge in [-0.25, -0.2) is 18.4 Å². The number of sulfone groups is 1. The molecule has 14 nitrogen and oxygen atoms in total. The number of nitro groups is 2. The fourth-order valence-electron chi connectivity index (χ4n) is 3.99. The minimum Gasteiger partial charge on any atom is -0.258 e. The second-order valence-corrected chi connectivity index (χ2v) is 10.8. The van der Waals surface area contributed by atoms with E-state index >= 15 is 0 Å². The Balaban J connectivity index is 2.46. The van der Waals surface area contributed by atoms with Crippen molar-refractivity contribution in [2.75, 3.05) is 23.1 Å². The van der Waals surface area contributed by atoms with Crippen LogP contribution in [0.2, 0.25) is 0 Å². The Kier molecular flexibility index (Phi) is 11.8. The monoisotopic (exact) mass is 564 g/mol. The van der Waals surface area contributed by atoms with E-state index in [0.29, 0.717) is 12.8 Å². The van der Waals surface area contributed by atoms with Crippen LogP contribution in [0.25, 0.3) is 0 Å². The molecule has 2 aromatic carbocycles. The molecule has 0 aliphatic carbocycles. The van der Waals surface area contributed by atoms with Crippen LogP contribution in [-0.4, -0.2) is 31.4 Å². The molecule has 0 atom stereocenters. The van der Waals surface area contributed by atoms with Crippen LogP contribution in [-0.2, 0) is 9.84 Å². The first-order valence-electron chi connectivity index (χ1n) is 12.7. The van der Waals surface area contributed by atoms with Gasteiger partial charge in [-0.05, 0) is 37.1 Å². The molecular formula is C24H32N6O8S. The summed E-state index contributed by atoms with van der Waals surface area (Å²) in [7, 11) is -4.46. The van der Waals surface area contributed by atoms with Gasteiger partial charge in [-0.15, -0.1) is 9.81 Å². The highest BCUT2D eigenvalue weighted by Gasteiger charge is 2.29. The zero-order chi connectivity index (χ0) is 29.0. The molecule has 0 aliphatic rings. The molecule has 0 fully saturated rings. The topological polar surface area (TPSA) is 186 Å². The van der Waals surface area contributed by atoms with E-state index in [1.54, 1.807) is 0 Å². The molecule has 0 heterocycles. The highest BCUT2D eigenvalue weighted by Crippen LogP contribution is 2.36. The number of hydrogen-bond donors (Lipinski definition) is 0. The van der Waals surface area contributed by atoms with Gasteiger partial charge in [0, 0.05) is 25.2 Å². The zero-order valence-corrected chi connectivity index (χ0v) is 22.7. The van der Waals surface area contributed by atoms with Crippen molar-refractivity contribution in [2.24, 2.45) is 10.6 Å². The Morgan fingerprint density at radius 3 is 1.38 bits per heavy atom. The lowest BCUT2D eigenvalue weighted by atomic mass is 10.2. The van der Waals surface area contributed by atoms with Gasteiger partial charge in [0.05, 0.1) is 30.2 Å². The molecule has 0 saturated heterocycles. The average molecular weight is 565 g/mol. The number of unbranched alkanes of at least 4 members (excludes halogenated alkanes) is 6. The van der Waals surface area contributed by atoms with Crippen molar-refractivity contribution < 1.29 is 18.3 Å². The molecule has 0 spiro atoms. The van der Waals surface area contributed by atoms with E-state index in [2.05, 4.69) is 10.6 Å². The fourth-order valence-corrected chi connectivity index (χ4v) is 5.29. The van der Waals surface area contributed by atoms with Crippen molar-refractivity contribution in [1.29, 1.82) is 0 Å². The van der Waals surface area contributed by atoms with Gasteiger partial charge in [0.1, 0.15) is 11.4 Å². The van der Waals surface area contributed by atoms with E-state index < -0.39 is 40.8 Å². The van der Waals surface area contributed by atoms with Crippen LogP contribution in [0.3, 0.4) is 0 Å². The molecule has 0 aliphatic heterocycles. The van der Waals surface area contributed by atoms with Crippen LogP contribution in [0.4, 0.5) is 22.7 Å². The van der Waals surface area contributed by atoms with Gasteiger partial charge in [0.2, 0.25) is 9.84 Å². The van der Waals surface area contributed by atoms with Gasteiger partial charge in [0.25, 0.3) is 11.4 Å². The first kappa shape index (κ1) is 31.2. The van der Waals surface area contributed by atoms with Crippen LogP contribution in [0.15, 0.2) is 56.8 Å². The molecule has 2 aromatic rings. The summed E-state index contributed by atoms with van der Waals surface area (Å²) in [5.74, 6) is 0. The molecular weight excluding hydrogens is 532 g/mol. The SMILES string of the molecule is CCCCCCN(N=O)c1ccc(S(=O)(=O)c2ccc(N(CCCCCC)N=O)c([N+](=O)[O-])c2)cc1[N+](=O)[O-]. The number of rotatable bonds is 18. The van der Waals surface area contributed by atoms with Gasteiger partial charge in [-0.2, -0.15) is 0 Å². The van der Waals surface area contributed by atoms with E-state index in [0.717, 1.165) is 84.9 Å². The summed E-state index contributed by atoms with van der Waals surface area (Å²) in [6.45, 7) is 4.24. The van der Waals surface area contributed by atoms with Crippen LogP contribution in [0.5, 0.6) is 0 Å². The van der Waals surface area contributed by atoms with Crippen LogP contribution in [0, 0.1) is 30.0 Å². The van der Waals surface area contributed by atoms with Crippen molar-refractivity contribution in [3.8, 4) is 0 Å². The lowest BCUT2D eigenvalue weighted by molar-refractivity contribution is -0.384.